The first kappa shape index (κ1) is 18.8. The third kappa shape index (κ3) is 4.42. The van der Waals surface area contributed by atoms with Crippen molar-refractivity contribution in [2.24, 2.45) is 5.73 Å². The molecule has 1 heterocycles. The lowest BCUT2D eigenvalue weighted by Crippen LogP contribution is -2.29. The molecule has 0 aliphatic heterocycles. The predicted molar refractivity (Wildman–Crippen MR) is 104 cm³/mol. The highest BCUT2D eigenvalue weighted by Gasteiger charge is 2.09. The molecule has 28 heavy (non-hydrogen) atoms. The van der Waals surface area contributed by atoms with Crippen molar-refractivity contribution in [2.75, 3.05) is 12.4 Å². The van der Waals surface area contributed by atoms with Crippen LogP contribution in [0.25, 0.3) is 11.3 Å². The summed E-state index contributed by atoms with van der Waals surface area (Å²) >= 11 is 0. The molecule has 0 bridgehead atoms. The first-order valence-corrected chi connectivity index (χ1v) is 8.38. The van der Waals surface area contributed by atoms with Crippen LogP contribution in [0, 0.1) is 0 Å². The molecule has 0 unspecified atom stereocenters. The third-order valence-electron chi connectivity index (χ3n) is 3.98. The molecule has 2 aromatic carbocycles. The number of carbonyl (C=O) groups is 2. The molecule has 0 radical (unpaired) electrons. The lowest BCUT2D eigenvalue weighted by Gasteiger charge is -2.09. The number of hydrogen-bond acceptors (Lipinski definition) is 5. The third-order valence-corrected chi connectivity index (χ3v) is 3.98. The predicted octanol–water partition coefficient (Wildman–Crippen LogP) is 1.66. The van der Waals surface area contributed by atoms with Gasteiger partial charge >= 0.3 is 0 Å². The first-order chi connectivity index (χ1) is 13.5. The van der Waals surface area contributed by atoms with Crippen LogP contribution < -0.4 is 21.3 Å². The van der Waals surface area contributed by atoms with Crippen LogP contribution in [0.2, 0.25) is 0 Å². The summed E-state index contributed by atoms with van der Waals surface area (Å²) in [6, 6.07) is 16.3. The summed E-state index contributed by atoms with van der Waals surface area (Å²) in [5, 5.41) is 6.91. The second kappa shape index (κ2) is 8.17. The number of rotatable bonds is 6. The molecule has 2 amide bonds. The Labute approximate surface area is 160 Å². The molecule has 3 aromatic rings. The van der Waals surface area contributed by atoms with Crippen LogP contribution in [-0.4, -0.2) is 28.7 Å². The Kier molecular flexibility index (Phi) is 5.50. The summed E-state index contributed by atoms with van der Waals surface area (Å²) in [7, 11) is 1.56. The van der Waals surface area contributed by atoms with Gasteiger partial charge in [-0.3, -0.25) is 14.4 Å². The number of ether oxygens (including phenoxy) is 1. The zero-order chi connectivity index (χ0) is 20.1. The maximum atomic E-state index is 12.3. The van der Waals surface area contributed by atoms with E-state index in [0.29, 0.717) is 22.7 Å². The number of carbonyl (C=O) groups excluding carboxylic acids is 2. The van der Waals surface area contributed by atoms with E-state index >= 15 is 0 Å². The smallest absolute Gasteiger partial charge is 0.267 e. The summed E-state index contributed by atoms with van der Waals surface area (Å²) < 4.78 is 6.28. The summed E-state index contributed by atoms with van der Waals surface area (Å²) in [4.78, 5) is 35.4. The fourth-order valence-corrected chi connectivity index (χ4v) is 2.55. The second-order valence-corrected chi connectivity index (χ2v) is 5.94. The average Bonchev–Trinajstić information content (AvgIpc) is 2.70. The summed E-state index contributed by atoms with van der Waals surface area (Å²) in [6.45, 7) is -0.256. The van der Waals surface area contributed by atoms with Crippen LogP contribution in [0.3, 0.4) is 0 Å². The standard InChI is InChI=1S/C20H18N4O4/c1-28-16-4-2-3-14(11-16)17-9-10-19(26)24(23-17)12-18(25)22-15-7-5-13(6-8-15)20(21)27/h2-11H,12H2,1H3,(H2,21,27)(H,22,25). The number of aromatic nitrogens is 2. The number of nitrogens with one attached hydrogen (secondary N) is 1. The SMILES string of the molecule is COc1cccc(-c2ccc(=O)n(CC(=O)Nc3ccc(C(N)=O)cc3)n2)c1. The minimum absolute atomic E-state index is 0.256. The van der Waals surface area contributed by atoms with E-state index in [4.69, 9.17) is 10.5 Å². The van der Waals surface area contributed by atoms with Crippen LogP contribution in [0.15, 0.2) is 65.5 Å². The van der Waals surface area contributed by atoms with Gasteiger partial charge in [0.2, 0.25) is 11.8 Å². The molecule has 3 rings (SSSR count). The number of nitrogens with two attached hydrogens (primary N) is 1. The van der Waals surface area contributed by atoms with Crippen LogP contribution in [0.1, 0.15) is 10.4 Å². The van der Waals surface area contributed by atoms with Gasteiger partial charge in [-0.2, -0.15) is 5.10 Å². The topological polar surface area (TPSA) is 116 Å². The van der Waals surface area contributed by atoms with Crippen molar-refractivity contribution in [3.05, 3.63) is 76.6 Å². The Morgan fingerprint density at radius 1 is 1.11 bits per heavy atom. The van der Waals surface area contributed by atoms with E-state index in [1.54, 1.807) is 37.4 Å². The van der Waals surface area contributed by atoms with Gasteiger partial charge in [0.25, 0.3) is 5.56 Å². The van der Waals surface area contributed by atoms with Gasteiger partial charge in [-0.25, -0.2) is 4.68 Å². The van der Waals surface area contributed by atoms with E-state index in [1.165, 1.54) is 18.2 Å². The fraction of sp³-hybridized carbons (Fsp3) is 0.100. The van der Waals surface area contributed by atoms with Crippen LogP contribution in [-0.2, 0) is 11.3 Å². The molecule has 8 nitrogen and oxygen atoms in total. The molecule has 3 N–H and O–H groups in total. The van der Waals surface area contributed by atoms with E-state index in [1.807, 2.05) is 12.1 Å². The molecule has 0 atom stereocenters. The Bertz CT molecular complexity index is 1070. The average molecular weight is 378 g/mol. The van der Waals surface area contributed by atoms with Crippen molar-refractivity contribution >= 4 is 17.5 Å². The Morgan fingerprint density at radius 3 is 2.54 bits per heavy atom. The number of hydrogen-bond donors (Lipinski definition) is 2. The lowest BCUT2D eigenvalue weighted by molar-refractivity contribution is -0.117. The highest BCUT2D eigenvalue weighted by Crippen LogP contribution is 2.21. The van der Waals surface area contributed by atoms with Crippen molar-refractivity contribution in [3.8, 4) is 17.0 Å². The van der Waals surface area contributed by atoms with Gasteiger partial charge in [0, 0.05) is 22.9 Å². The number of benzene rings is 2. The minimum Gasteiger partial charge on any atom is -0.497 e. The molecule has 0 spiro atoms. The Balaban J connectivity index is 1.77. The van der Waals surface area contributed by atoms with Crippen LogP contribution >= 0.6 is 0 Å². The van der Waals surface area contributed by atoms with Crippen LogP contribution in [0.4, 0.5) is 5.69 Å². The molecule has 8 heteroatoms. The molecule has 0 fully saturated rings. The molecule has 0 saturated carbocycles. The molecule has 0 saturated heterocycles. The highest BCUT2D eigenvalue weighted by atomic mass is 16.5. The number of amides is 2. The zero-order valence-corrected chi connectivity index (χ0v) is 15.1. The number of primary amides is 1. The molecule has 0 aliphatic rings. The quantitative estimate of drug-likeness (QED) is 0.677. The minimum atomic E-state index is -0.553. The fourth-order valence-electron chi connectivity index (χ4n) is 2.55. The van der Waals surface area contributed by atoms with E-state index < -0.39 is 17.4 Å². The monoisotopic (exact) mass is 378 g/mol. The van der Waals surface area contributed by atoms with Gasteiger partial charge in [-0.15, -0.1) is 0 Å². The summed E-state index contributed by atoms with van der Waals surface area (Å²) in [6.07, 6.45) is 0. The van der Waals surface area contributed by atoms with E-state index in [9.17, 15) is 14.4 Å². The largest absolute Gasteiger partial charge is 0.497 e. The van der Waals surface area contributed by atoms with E-state index in [-0.39, 0.29) is 6.54 Å². The highest BCUT2D eigenvalue weighted by molar-refractivity contribution is 5.94. The molecule has 1 aromatic heterocycles. The van der Waals surface area contributed by atoms with E-state index in [0.717, 1.165) is 10.2 Å². The first-order valence-electron chi connectivity index (χ1n) is 8.38. The van der Waals surface area contributed by atoms with Gasteiger partial charge < -0.3 is 15.8 Å². The molecule has 0 aliphatic carbocycles. The second-order valence-electron chi connectivity index (χ2n) is 5.94. The van der Waals surface area contributed by atoms with Crippen molar-refractivity contribution in [1.29, 1.82) is 0 Å². The number of nitrogens with zero attached hydrogens (tertiary/aromatic N) is 2. The molecular formula is C20H18N4O4. The maximum absolute atomic E-state index is 12.3. The van der Waals surface area contributed by atoms with Crippen molar-refractivity contribution in [3.63, 3.8) is 0 Å². The maximum Gasteiger partial charge on any atom is 0.267 e. The summed E-state index contributed by atoms with van der Waals surface area (Å²) in [5.74, 6) is -0.318. The Hall–Kier alpha value is -3.94. The van der Waals surface area contributed by atoms with Crippen molar-refractivity contribution in [2.45, 2.75) is 6.54 Å². The molecule has 142 valence electrons. The van der Waals surface area contributed by atoms with Gasteiger partial charge in [-0.05, 0) is 42.5 Å². The molecular weight excluding hydrogens is 360 g/mol. The number of methoxy groups -OCH3 is 1. The lowest BCUT2D eigenvalue weighted by atomic mass is 10.1. The van der Waals surface area contributed by atoms with Crippen molar-refractivity contribution < 1.29 is 14.3 Å². The zero-order valence-electron chi connectivity index (χ0n) is 15.1. The van der Waals surface area contributed by atoms with Gasteiger partial charge in [0.15, 0.2) is 0 Å². The Morgan fingerprint density at radius 2 is 1.86 bits per heavy atom. The van der Waals surface area contributed by atoms with Gasteiger partial charge in [-0.1, -0.05) is 12.1 Å². The van der Waals surface area contributed by atoms with Crippen molar-refractivity contribution in [1.82, 2.24) is 9.78 Å². The van der Waals surface area contributed by atoms with Gasteiger partial charge in [0.1, 0.15) is 12.3 Å². The normalized spacial score (nSPS) is 10.3. The number of anilines is 1. The van der Waals surface area contributed by atoms with Crippen LogP contribution in [0.5, 0.6) is 5.75 Å². The van der Waals surface area contributed by atoms with Gasteiger partial charge in [0.05, 0.1) is 12.8 Å². The van der Waals surface area contributed by atoms with E-state index in [2.05, 4.69) is 10.4 Å². The summed E-state index contributed by atoms with van der Waals surface area (Å²) in [5.41, 5.74) is 6.90.